The summed E-state index contributed by atoms with van der Waals surface area (Å²) >= 11 is 0. The minimum absolute atomic E-state index is 0.400. The first-order valence-electron chi connectivity index (χ1n) is 6.44. The molecule has 0 aromatic heterocycles. The zero-order valence-corrected chi connectivity index (χ0v) is 12.3. The van der Waals surface area contributed by atoms with Crippen LogP contribution in [-0.2, 0) is 0 Å². The third-order valence-electron chi connectivity index (χ3n) is 3.35. The number of aliphatic hydroxyl groups is 1. The molecule has 0 aliphatic carbocycles. The van der Waals surface area contributed by atoms with Crippen molar-refractivity contribution in [2.75, 3.05) is 27.1 Å². The third-order valence-corrected chi connectivity index (χ3v) is 3.35. The fraction of sp³-hybridized carbons (Fsp3) is 0.250. The van der Waals surface area contributed by atoms with E-state index in [4.69, 9.17) is 19.9 Å². The molecule has 0 amide bonds. The monoisotopic (exact) mass is 289 g/mol. The lowest BCUT2D eigenvalue weighted by Gasteiger charge is -2.18. The van der Waals surface area contributed by atoms with Gasteiger partial charge in [-0.25, -0.2) is 0 Å². The largest absolute Gasteiger partial charge is 0.497 e. The molecule has 21 heavy (non-hydrogen) atoms. The van der Waals surface area contributed by atoms with E-state index in [1.54, 1.807) is 50.6 Å². The molecular weight excluding hydrogens is 270 g/mol. The molecule has 0 spiro atoms. The second-order valence-corrected chi connectivity index (χ2v) is 4.47. The Balaban J connectivity index is 2.51. The second-order valence-electron chi connectivity index (χ2n) is 4.47. The first-order valence-corrected chi connectivity index (χ1v) is 6.44. The van der Waals surface area contributed by atoms with Crippen LogP contribution in [0.15, 0.2) is 36.4 Å². The Hall–Kier alpha value is -2.40. The Labute approximate surface area is 123 Å². The van der Waals surface area contributed by atoms with E-state index in [0.717, 1.165) is 0 Å². The molecule has 0 aliphatic heterocycles. The lowest BCUT2D eigenvalue weighted by Crippen LogP contribution is -2.07. The molecule has 2 aromatic carbocycles. The maximum absolute atomic E-state index is 10.7. The molecular formula is C16H19NO4. The molecule has 112 valence electrons. The highest BCUT2D eigenvalue weighted by Gasteiger charge is 2.20. The molecule has 0 bridgehead atoms. The highest BCUT2D eigenvalue weighted by atomic mass is 16.5. The topological polar surface area (TPSA) is 73.9 Å². The van der Waals surface area contributed by atoms with E-state index in [9.17, 15) is 5.11 Å². The summed E-state index contributed by atoms with van der Waals surface area (Å²) in [6.45, 7) is 0. The molecule has 1 atom stereocenters. The maximum Gasteiger partial charge on any atom is 0.142 e. The van der Waals surface area contributed by atoms with Crippen molar-refractivity contribution in [3.8, 4) is 17.2 Å². The molecule has 0 fully saturated rings. The fourth-order valence-corrected chi connectivity index (χ4v) is 2.20. The molecule has 0 heterocycles. The Bertz CT molecular complexity index is 628. The molecule has 5 heteroatoms. The number of benzene rings is 2. The van der Waals surface area contributed by atoms with Crippen LogP contribution in [0.4, 0.5) is 5.69 Å². The summed E-state index contributed by atoms with van der Waals surface area (Å²) in [5.41, 5.74) is 7.57. The van der Waals surface area contributed by atoms with E-state index in [2.05, 4.69) is 0 Å². The number of para-hydroxylation sites is 1. The molecule has 2 rings (SSSR count). The van der Waals surface area contributed by atoms with E-state index < -0.39 is 6.10 Å². The Kier molecular flexibility index (Phi) is 4.55. The first kappa shape index (κ1) is 15.0. The molecule has 0 radical (unpaired) electrons. The summed E-state index contributed by atoms with van der Waals surface area (Å²) in [6.07, 6.45) is -0.940. The smallest absolute Gasteiger partial charge is 0.142 e. The zero-order valence-electron chi connectivity index (χ0n) is 12.3. The number of methoxy groups -OCH3 is 3. The highest BCUT2D eigenvalue weighted by molar-refractivity contribution is 5.61. The van der Waals surface area contributed by atoms with Gasteiger partial charge in [0.1, 0.15) is 23.4 Å². The van der Waals surface area contributed by atoms with Crippen molar-refractivity contribution in [1.29, 1.82) is 0 Å². The summed E-state index contributed by atoms with van der Waals surface area (Å²) in [7, 11) is 4.65. The molecule has 0 saturated heterocycles. The van der Waals surface area contributed by atoms with Gasteiger partial charge in [-0.1, -0.05) is 12.1 Å². The molecule has 0 aliphatic rings. The van der Waals surface area contributed by atoms with Crippen LogP contribution in [0.3, 0.4) is 0 Å². The first-order chi connectivity index (χ1) is 10.1. The number of nitrogens with two attached hydrogens (primary N) is 1. The summed E-state index contributed by atoms with van der Waals surface area (Å²) in [5.74, 6) is 1.71. The van der Waals surface area contributed by atoms with Crippen molar-refractivity contribution >= 4 is 5.69 Å². The number of hydrogen-bond acceptors (Lipinski definition) is 5. The van der Waals surface area contributed by atoms with E-state index in [1.807, 2.05) is 0 Å². The van der Waals surface area contributed by atoms with Gasteiger partial charge in [0.2, 0.25) is 0 Å². The predicted octanol–water partition coefficient (Wildman–Crippen LogP) is 2.38. The van der Waals surface area contributed by atoms with Crippen molar-refractivity contribution < 1.29 is 19.3 Å². The standard InChI is InChI=1S/C16H19NO4/c1-19-10-7-8-13(20-2)12(9-10)16(18)11-5-4-6-14(21-3)15(11)17/h4-9,16,18H,17H2,1-3H3. The average Bonchev–Trinajstić information content (AvgIpc) is 2.53. The van der Waals surface area contributed by atoms with E-state index in [-0.39, 0.29) is 0 Å². The number of ether oxygens (including phenoxy) is 3. The SMILES string of the molecule is COc1ccc(OC)c(C(O)c2cccc(OC)c2N)c1. The van der Waals surface area contributed by atoms with Crippen LogP contribution in [0, 0.1) is 0 Å². The lowest BCUT2D eigenvalue weighted by molar-refractivity contribution is 0.214. The third kappa shape index (κ3) is 2.87. The van der Waals surface area contributed by atoms with Crippen molar-refractivity contribution in [2.45, 2.75) is 6.10 Å². The van der Waals surface area contributed by atoms with Gasteiger partial charge in [0, 0.05) is 11.1 Å². The number of hydrogen-bond donors (Lipinski definition) is 2. The van der Waals surface area contributed by atoms with E-state index in [0.29, 0.717) is 34.1 Å². The van der Waals surface area contributed by atoms with Crippen LogP contribution in [0.25, 0.3) is 0 Å². The number of nitrogen functional groups attached to an aromatic ring is 1. The molecule has 1 unspecified atom stereocenters. The van der Waals surface area contributed by atoms with Gasteiger partial charge >= 0.3 is 0 Å². The summed E-state index contributed by atoms with van der Waals surface area (Å²) < 4.78 is 15.7. The van der Waals surface area contributed by atoms with Gasteiger partial charge in [-0.2, -0.15) is 0 Å². The fourth-order valence-electron chi connectivity index (χ4n) is 2.20. The Morgan fingerprint density at radius 1 is 0.905 bits per heavy atom. The van der Waals surface area contributed by atoms with Gasteiger partial charge in [0.05, 0.1) is 27.0 Å². The van der Waals surface area contributed by atoms with Gasteiger partial charge < -0.3 is 25.1 Å². The minimum atomic E-state index is -0.940. The molecule has 5 nitrogen and oxygen atoms in total. The van der Waals surface area contributed by atoms with Gasteiger partial charge in [-0.3, -0.25) is 0 Å². The summed E-state index contributed by atoms with van der Waals surface area (Å²) in [4.78, 5) is 0. The minimum Gasteiger partial charge on any atom is -0.497 e. The van der Waals surface area contributed by atoms with Crippen LogP contribution in [0.5, 0.6) is 17.2 Å². The second kappa shape index (κ2) is 6.37. The van der Waals surface area contributed by atoms with Crippen LogP contribution < -0.4 is 19.9 Å². The molecule has 0 saturated carbocycles. The van der Waals surface area contributed by atoms with Crippen LogP contribution in [-0.4, -0.2) is 26.4 Å². The van der Waals surface area contributed by atoms with Crippen molar-refractivity contribution in [1.82, 2.24) is 0 Å². The highest BCUT2D eigenvalue weighted by Crippen LogP contribution is 2.37. The van der Waals surface area contributed by atoms with Crippen molar-refractivity contribution in [2.24, 2.45) is 0 Å². The normalized spacial score (nSPS) is 11.8. The van der Waals surface area contributed by atoms with Crippen LogP contribution in [0.2, 0.25) is 0 Å². The van der Waals surface area contributed by atoms with Crippen molar-refractivity contribution in [3.05, 3.63) is 47.5 Å². The average molecular weight is 289 g/mol. The Morgan fingerprint density at radius 2 is 1.62 bits per heavy atom. The lowest BCUT2D eigenvalue weighted by atomic mass is 9.98. The Morgan fingerprint density at radius 3 is 2.24 bits per heavy atom. The predicted molar refractivity (Wildman–Crippen MR) is 81.0 cm³/mol. The summed E-state index contributed by atoms with van der Waals surface area (Å²) in [5, 5.41) is 10.7. The molecule has 2 aromatic rings. The van der Waals surface area contributed by atoms with Gasteiger partial charge in [0.15, 0.2) is 0 Å². The quantitative estimate of drug-likeness (QED) is 0.827. The maximum atomic E-state index is 10.7. The number of aliphatic hydroxyl groups excluding tert-OH is 1. The van der Waals surface area contributed by atoms with Gasteiger partial charge in [-0.15, -0.1) is 0 Å². The van der Waals surface area contributed by atoms with E-state index in [1.165, 1.54) is 7.11 Å². The zero-order chi connectivity index (χ0) is 15.4. The molecule has 3 N–H and O–H groups in total. The van der Waals surface area contributed by atoms with Crippen molar-refractivity contribution in [3.63, 3.8) is 0 Å². The van der Waals surface area contributed by atoms with Gasteiger partial charge in [-0.05, 0) is 24.3 Å². The van der Waals surface area contributed by atoms with Crippen LogP contribution >= 0.6 is 0 Å². The van der Waals surface area contributed by atoms with Crippen LogP contribution in [0.1, 0.15) is 17.2 Å². The summed E-state index contributed by atoms with van der Waals surface area (Å²) in [6, 6.07) is 10.5. The van der Waals surface area contributed by atoms with E-state index >= 15 is 0 Å². The number of rotatable bonds is 5. The van der Waals surface area contributed by atoms with Gasteiger partial charge in [0.25, 0.3) is 0 Å². The number of anilines is 1.